The quantitative estimate of drug-likeness (QED) is 0.750. The number of carboxylic acid groups (broad SMARTS) is 1. The normalized spacial score (nSPS) is 28.9. The molecule has 1 aromatic heterocycles. The van der Waals surface area contributed by atoms with E-state index >= 15 is 0 Å². The fraction of sp³-hybridized carbons (Fsp3) is 0.667. The highest BCUT2D eigenvalue weighted by molar-refractivity contribution is 7.16. The van der Waals surface area contributed by atoms with E-state index in [-0.39, 0.29) is 11.7 Å². The molecular formula is C15H19ClF3NO4S. The van der Waals surface area contributed by atoms with Gasteiger partial charge in [0, 0.05) is 23.6 Å². The topological polar surface area (TPSA) is 67.8 Å². The number of carboxylic acids is 1. The van der Waals surface area contributed by atoms with Crippen LogP contribution in [0, 0.1) is 0 Å². The van der Waals surface area contributed by atoms with Gasteiger partial charge in [0.2, 0.25) is 0 Å². The molecule has 1 fully saturated rings. The summed E-state index contributed by atoms with van der Waals surface area (Å²) in [5.74, 6) is -2.76. The fourth-order valence-corrected chi connectivity index (χ4v) is 4.55. The molecule has 0 radical (unpaired) electrons. The number of halogens is 4. The summed E-state index contributed by atoms with van der Waals surface area (Å²) in [6.45, 7) is 3.83. The number of aliphatic carboxylic acids is 1. The average molecular weight is 402 g/mol. The maximum atomic E-state index is 10.6. The molecule has 25 heavy (non-hydrogen) atoms. The summed E-state index contributed by atoms with van der Waals surface area (Å²) in [6, 6.07) is 2.53. The molecule has 3 rings (SSSR count). The first-order chi connectivity index (χ1) is 11.6. The van der Waals surface area contributed by atoms with Gasteiger partial charge in [-0.15, -0.1) is 11.3 Å². The Bertz CT molecular complexity index is 624. The van der Waals surface area contributed by atoms with Crippen LogP contribution < -0.4 is 5.32 Å². The highest BCUT2D eigenvalue weighted by Gasteiger charge is 2.45. The monoisotopic (exact) mass is 401 g/mol. The van der Waals surface area contributed by atoms with E-state index in [1.807, 2.05) is 6.07 Å². The van der Waals surface area contributed by atoms with Crippen molar-refractivity contribution >= 4 is 28.9 Å². The molecule has 3 unspecified atom stereocenters. The first kappa shape index (κ1) is 20.4. The van der Waals surface area contributed by atoms with Gasteiger partial charge >= 0.3 is 12.1 Å². The summed E-state index contributed by atoms with van der Waals surface area (Å²) >= 11 is 7.85. The molecular weight excluding hydrogens is 383 g/mol. The number of methoxy groups -OCH3 is 1. The molecule has 0 saturated carbocycles. The van der Waals surface area contributed by atoms with E-state index in [9.17, 15) is 13.2 Å². The number of hydrogen-bond donors (Lipinski definition) is 2. The van der Waals surface area contributed by atoms with Crippen molar-refractivity contribution in [1.82, 2.24) is 5.32 Å². The maximum absolute atomic E-state index is 10.6. The maximum Gasteiger partial charge on any atom is 0.490 e. The number of thiophene rings is 1. The molecule has 2 N–H and O–H groups in total. The molecule has 10 heteroatoms. The average Bonchev–Trinajstić information content (AvgIpc) is 2.90. The molecule has 1 spiro atoms. The lowest BCUT2D eigenvalue weighted by Gasteiger charge is -2.44. The number of carbonyl (C=O) groups is 1. The van der Waals surface area contributed by atoms with Crippen LogP contribution in [0.15, 0.2) is 6.07 Å². The summed E-state index contributed by atoms with van der Waals surface area (Å²) < 4.78 is 44.3. The van der Waals surface area contributed by atoms with E-state index in [2.05, 4.69) is 12.2 Å². The molecule has 3 atom stereocenters. The predicted molar refractivity (Wildman–Crippen MR) is 87.1 cm³/mol. The zero-order valence-electron chi connectivity index (χ0n) is 13.7. The number of nitrogens with one attached hydrogen (secondary N) is 1. The zero-order valence-corrected chi connectivity index (χ0v) is 15.2. The largest absolute Gasteiger partial charge is 0.490 e. The molecule has 2 aliphatic rings. The molecule has 3 heterocycles. The first-order valence-electron chi connectivity index (χ1n) is 7.59. The molecule has 0 aromatic carbocycles. The van der Waals surface area contributed by atoms with E-state index in [4.69, 9.17) is 31.0 Å². The van der Waals surface area contributed by atoms with Crippen LogP contribution in [0.4, 0.5) is 13.2 Å². The minimum Gasteiger partial charge on any atom is -0.475 e. The Labute approximate surface area is 152 Å². The molecule has 142 valence electrons. The zero-order chi connectivity index (χ0) is 18.8. The predicted octanol–water partition coefficient (Wildman–Crippen LogP) is 3.72. The van der Waals surface area contributed by atoms with Crippen LogP contribution in [0.3, 0.4) is 0 Å². The number of ether oxygens (including phenoxy) is 2. The van der Waals surface area contributed by atoms with Crippen molar-refractivity contribution in [3.05, 3.63) is 20.8 Å². The summed E-state index contributed by atoms with van der Waals surface area (Å²) in [6.07, 6.45) is -3.04. The Kier molecular flexibility index (Phi) is 6.37. The third kappa shape index (κ3) is 4.65. The van der Waals surface area contributed by atoms with Gasteiger partial charge in [0.05, 0.1) is 10.9 Å². The van der Waals surface area contributed by atoms with Gasteiger partial charge in [-0.05, 0) is 32.4 Å². The molecule has 2 aliphatic heterocycles. The number of alkyl halides is 3. The van der Waals surface area contributed by atoms with Gasteiger partial charge in [0.25, 0.3) is 0 Å². The number of piperidine rings is 1. The summed E-state index contributed by atoms with van der Waals surface area (Å²) in [5.41, 5.74) is 1.08. The SMILES string of the molecule is COC1COC2(CCNC(C)C2)c2sc(Cl)cc21.O=C(O)C(F)(F)F. The van der Waals surface area contributed by atoms with Crippen LogP contribution in [0.2, 0.25) is 4.34 Å². The Balaban J connectivity index is 0.000000277. The van der Waals surface area contributed by atoms with Gasteiger partial charge in [0.15, 0.2) is 0 Å². The second-order valence-corrected chi connectivity index (χ2v) is 7.66. The second-order valence-electron chi connectivity index (χ2n) is 5.98. The van der Waals surface area contributed by atoms with Crippen molar-refractivity contribution in [2.24, 2.45) is 0 Å². The van der Waals surface area contributed by atoms with Crippen molar-refractivity contribution in [3.63, 3.8) is 0 Å². The minimum absolute atomic E-state index is 0.0274. The second kappa shape index (κ2) is 7.79. The van der Waals surface area contributed by atoms with Crippen molar-refractivity contribution in [2.75, 3.05) is 20.3 Å². The Morgan fingerprint density at radius 1 is 1.56 bits per heavy atom. The number of rotatable bonds is 1. The third-order valence-corrected chi connectivity index (χ3v) is 5.65. The lowest BCUT2D eigenvalue weighted by atomic mass is 9.82. The first-order valence-corrected chi connectivity index (χ1v) is 8.78. The van der Waals surface area contributed by atoms with E-state index < -0.39 is 12.1 Å². The lowest BCUT2D eigenvalue weighted by Crippen LogP contribution is -2.48. The Morgan fingerprint density at radius 3 is 2.72 bits per heavy atom. The number of fused-ring (bicyclic) bond motifs is 2. The van der Waals surface area contributed by atoms with E-state index in [0.29, 0.717) is 12.6 Å². The van der Waals surface area contributed by atoms with Crippen LogP contribution >= 0.6 is 22.9 Å². The minimum atomic E-state index is -5.08. The molecule has 1 saturated heterocycles. The van der Waals surface area contributed by atoms with E-state index in [0.717, 1.165) is 23.7 Å². The van der Waals surface area contributed by atoms with Crippen LogP contribution in [0.25, 0.3) is 0 Å². The van der Waals surface area contributed by atoms with Crippen LogP contribution in [-0.2, 0) is 19.9 Å². The van der Waals surface area contributed by atoms with E-state index in [1.165, 1.54) is 10.4 Å². The van der Waals surface area contributed by atoms with Gasteiger partial charge in [-0.2, -0.15) is 13.2 Å². The van der Waals surface area contributed by atoms with Gasteiger partial charge in [-0.1, -0.05) is 11.6 Å². The van der Waals surface area contributed by atoms with Gasteiger partial charge in [0.1, 0.15) is 11.7 Å². The van der Waals surface area contributed by atoms with Crippen LogP contribution in [0.5, 0.6) is 0 Å². The molecule has 5 nitrogen and oxygen atoms in total. The van der Waals surface area contributed by atoms with Gasteiger partial charge in [-0.25, -0.2) is 4.79 Å². The number of hydrogen-bond acceptors (Lipinski definition) is 5. The van der Waals surface area contributed by atoms with Crippen molar-refractivity contribution in [2.45, 2.75) is 43.7 Å². The standard InChI is InChI=1S/C13H18ClNO2S.C2HF3O2/c1-8-6-13(3-4-15-8)12-9(5-11(14)18-12)10(16-2)7-17-13;3-2(4,5)1(6)7/h5,8,10,15H,3-4,6-7H2,1-2H3;(H,6,7). The lowest BCUT2D eigenvalue weighted by molar-refractivity contribution is -0.192. The van der Waals surface area contributed by atoms with Crippen molar-refractivity contribution in [3.8, 4) is 0 Å². The van der Waals surface area contributed by atoms with Crippen LogP contribution in [0.1, 0.15) is 36.3 Å². The summed E-state index contributed by atoms with van der Waals surface area (Å²) in [5, 5.41) is 10.6. The highest BCUT2D eigenvalue weighted by Crippen LogP contribution is 2.49. The van der Waals surface area contributed by atoms with Gasteiger partial charge in [-0.3, -0.25) is 0 Å². The van der Waals surface area contributed by atoms with Gasteiger partial charge < -0.3 is 19.9 Å². The van der Waals surface area contributed by atoms with Crippen LogP contribution in [-0.4, -0.2) is 43.6 Å². The molecule has 1 aromatic rings. The Morgan fingerprint density at radius 2 is 2.20 bits per heavy atom. The Hall–Kier alpha value is -0.870. The highest BCUT2D eigenvalue weighted by atomic mass is 35.5. The molecule has 0 amide bonds. The fourth-order valence-electron chi connectivity index (χ4n) is 3.08. The van der Waals surface area contributed by atoms with Crippen molar-refractivity contribution in [1.29, 1.82) is 0 Å². The summed E-state index contributed by atoms with van der Waals surface area (Å²) in [4.78, 5) is 10.2. The van der Waals surface area contributed by atoms with E-state index in [1.54, 1.807) is 18.4 Å². The molecule has 0 bridgehead atoms. The van der Waals surface area contributed by atoms with Crippen molar-refractivity contribution < 1.29 is 32.5 Å². The smallest absolute Gasteiger partial charge is 0.475 e. The third-order valence-electron chi connectivity index (χ3n) is 4.19. The molecule has 0 aliphatic carbocycles. The summed E-state index contributed by atoms with van der Waals surface area (Å²) in [7, 11) is 1.73.